The number of halogens is 1. The largest absolute Gasteiger partial charge is 0.475 e. The first kappa shape index (κ1) is 15.7. The van der Waals surface area contributed by atoms with E-state index in [-0.39, 0.29) is 6.04 Å². The minimum Gasteiger partial charge on any atom is -0.475 e. The van der Waals surface area contributed by atoms with Crippen molar-refractivity contribution in [2.75, 3.05) is 6.61 Å². The van der Waals surface area contributed by atoms with Crippen LogP contribution < -0.4 is 4.74 Å². The molecule has 1 aliphatic heterocycles. The minimum absolute atomic E-state index is 0.0181. The Morgan fingerprint density at radius 3 is 2.72 bits per heavy atom. The van der Waals surface area contributed by atoms with Gasteiger partial charge in [-0.15, -0.1) is 0 Å². The SMILES string of the molecule is Clc1cccc(Oc2ncccc2C2=N[C@H](c3ccccc3)CO2)c1. The molecule has 0 aliphatic carbocycles. The predicted octanol–water partition coefficient (Wildman–Crippen LogP) is 5.05. The molecule has 0 amide bonds. The third-order valence-electron chi connectivity index (χ3n) is 3.85. The van der Waals surface area contributed by atoms with Crippen molar-refractivity contribution in [3.05, 3.63) is 89.1 Å². The molecule has 0 N–H and O–H groups in total. The fourth-order valence-corrected chi connectivity index (χ4v) is 2.82. The third kappa shape index (κ3) is 3.49. The molecule has 5 heteroatoms. The van der Waals surface area contributed by atoms with Crippen molar-refractivity contribution in [1.82, 2.24) is 4.98 Å². The van der Waals surface area contributed by atoms with E-state index in [0.717, 1.165) is 11.1 Å². The summed E-state index contributed by atoms with van der Waals surface area (Å²) in [5.74, 6) is 1.60. The molecule has 2 heterocycles. The third-order valence-corrected chi connectivity index (χ3v) is 4.08. The summed E-state index contributed by atoms with van der Waals surface area (Å²) < 4.78 is 11.7. The smallest absolute Gasteiger partial charge is 0.231 e. The highest BCUT2D eigenvalue weighted by Crippen LogP contribution is 2.30. The van der Waals surface area contributed by atoms with Gasteiger partial charge in [-0.3, -0.25) is 0 Å². The first-order valence-electron chi connectivity index (χ1n) is 7.94. The summed E-state index contributed by atoms with van der Waals surface area (Å²) in [4.78, 5) is 9.02. The van der Waals surface area contributed by atoms with Gasteiger partial charge in [0.05, 0.1) is 5.56 Å². The lowest BCUT2D eigenvalue weighted by Crippen LogP contribution is -2.04. The number of aromatic nitrogens is 1. The van der Waals surface area contributed by atoms with E-state index in [1.165, 1.54) is 0 Å². The molecule has 25 heavy (non-hydrogen) atoms. The Morgan fingerprint density at radius 2 is 1.88 bits per heavy atom. The van der Waals surface area contributed by atoms with Gasteiger partial charge in [-0.25, -0.2) is 9.98 Å². The van der Waals surface area contributed by atoms with E-state index in [0.29, 0.717) is 29.2 Å². The van der Waals surface area contributed by atoms with Crippen molar-refractivity contribution in [3.8, 4) is 11.6 Å². The Bertz CT molecular complexity index is 912. The molecular formula is C20H15ClN2O2. The molecule has 124 valence electrons. The number of benzene rings is 2. The number of hydrogen-bond donors (Lipinski definition) is 0. The van der Waals surface area contributed by atoms with E-state index >= 15 is 0 Å². The van der Waals surface area contributed by atoms with Crippen LogP contribution in [0.4, 0.5) is 0 Å². The zero-order valence-electron chi connectivity index (χ0n) is 13.3. The highest BCUT2D eigenvalue weighted by atomic mass is 35.5. The Labute approximate surface area is 150 Å². The molecule has 4 rings (SSSR count). The standard InChI is InChI=1S/C20H15ClN2O2/c21-15-8-4-9-16(12-15)25-19-17(10-5-11-22-19)20-23-18(13-24-20)14-6-2-1-3-7-14/h1-12,18H,13H2/t18-/m0/s1. The molecule has 0 fully saturated rings. The Kier molecular flexibility index (Phi) is 4.36. The van der Waals surface area contributed by atoms with Crippen LogP contribution in [0, 0.1) is 0 Å². The van der Waals surface area contributed by atoms with Crippen molar-refractivity contribution in [2.24, 2.45) is 4.99 Å². The van der Waals surface area contributed by atoms with Crippen LogP contribution in [0.3, 0.4) is 0 Å². The molecule has 0 saturated carbocycles. The summed E-state index contributed by atoms with van der Waals surface area (Å²) in [7, 11) is 0. The van der Waals surface area contributed by atoms with Gasteiger partial charge in [0.15, 0.2) is 0 Å². The number of pyridine rings is 1. The summed E-state index contributed by atoms with van der Waals surface area (Å²) in [5, 5.41) is 0.605. The predicted molar refractivity (Wildman–Crippen MR) is 97.4 cm³/mol. The van der Waals surface area contributed by atoms with E-state index in [2.05, 4.69) is 4.98 Å². The van der Waals surface area contributed by atoms with Crippen LogP contribution in [-0.2, 0) is 4.74 Å². The van der Waals surface area contributed by atoms with E-state index in [4.69, 9.17) is 26.1 Å². The van der Waals surface area contributed by atoms with Crippen LogP contribution in [0.15, 0.2) is 77.9 Å². The summed E-state index contributed by atoms with van der Waals surface area (Å²) in [6, 6.07) is 21.0. The Balaban J connectivity index is 1.63. The molecule has 0 radical (unpaired) electrons. The monoisotopic (exact) mass is 350 g/mol. The Morgan fingerprint density at radius 1 is 1.00 bits per heavy atom. The maximum atomic E-state index is 6.02. The first-order valence-corrected chi connectivity index (χ1v) is 8.32. The van der Waals surface area contributed by atoms with Gasteiger partial charge in [-0.1, -0.05) is 48.0 Å². The number of hydrogen-bond acceptors (Lipinski definition) is 4. The summed E-state index contributed by atoms with van der Waals surface area (Å²) in [6.45, 7) is 0.505. The van der Waals surface area contributed by atoms with E-state index in [9.17, 15) is 0 Å². The second kappa shape index (κ2) is 6.95. The summed E-state index contributed by atoms with van der Waals surface area (Å²) in [6.07, 6.45) is 1.67. The maximum absolute atomic E-state index is 6.02. The van der Waals surface area contributed by atoms with Gasteiger partial charge in [0.1, 0.15) is 18.4 Å². The molecule has 2 aromatic carbocycles. The zero-order chi connectivity index (χ0) is 17.1. The second-order valence-corrected chi connectivity index (χ2v) is 6.02. The minimum atomic E-state index is -0.0181. The van der Waals surface area contributed by atoms with Crippen LogP contribution in [0.5, 0.6) is 11.6 Å². The molecule has 0 saturated heterocycles. The topological polar surface area (TPSA) is 43.7 Å². The Hall–Kier alpha value is -2.85. The number of rotatable bonds is 4. The van der Waals surface area contributed by atoms with E-state index in [1.807, 2.05) is 54.6 Å². The molecule has 0 spiro atoms. The number of nitrogens with zero attached hydrogens (tertiary/aromatic N) is 2. The quantitative estimate of drug-likeness (QED) is 0.661. The van der Waals surface area contributed by atoms with Gasteiger partial charge in [0.25, 0.3) is 0 Å². The number of aliphatic imine (C=N–C) groups is 1. The van der Waals surface area contributed by atoms with Gasteiger partial charge in [0.2, 0.25) is 11.8 Å². The lowest BCUT2D eigenvalue weighted by atomic mass is 10.1. The van der Waals surface area contributed by atoms with Crippen LogP contribution in [-0.4, -0.2) is 17.5 Å². The van der Waals surface area contributed by atoms with Crippen molar-refractivity contribution in [3.63, 3.8) is 0 Å². The van der Waals surface area contributed by atoms with Crippen LogP contribution in [0.1, 0.15) is 17.2 Å². The molecule has 0 unspecified atom stereocenters. The lowest BCUT2D eigenvalue weighted by Gasteiger charge is -2.09. The average Bonchev–Trinajstić information content (AvgIpc) is 3.13. The summed E-state index contributed by atoms with van der Waals surface area (Å²) >= 11 is 6.02. The first-order chi connectivity index (χ1) is 12.3. The van der Waals surface area contributed by atoms with Crippen molar-refractivity contribution in [2.45, 2.75) is 6.04 Å². The molecule has 1 aliphatic rings. The van der Waals surface area contributed by atoms with Gasteiger partial charge in [-0.2, -0.15) is 0 Å². The molecule has 1 atom stereocenters. The van der Waals surface area contributed by atoms with Gasteiger partial charge >= 0.3 is 0 Å². The average molecular weight is 351 g/mol. The van der Waals surface area contributed by atoms with E-state index in [1.54, 1.807) is 18.3 Å². The fourth-order valence-electron chi connectivity index (χ4n) is 2.64. The van der Waals surface area contributed by atoms with E-state index < -0.39 is 0 Å². The van der Waals surface area contributed by atoms with Gasteiger partial charge < -0.3 is 9.47 Å². The summed E-state index contributed by atoms with van der Waals surface area (Å²) in [5.41, 5.74) is 1.85. The normalized spacial score (nSPS) is 16.2. The molecule has 0 bridgehead atoms. The zero-order valence-corrected chi connectivity index (χ0v) is 14.1. The molecule has 4 nitrogen and oxygen atoms in total. The fraction of sp³-hybridized carbons (Fsp3) is 0.100. The van der Waals surface area contributed by atoms with Crippen LogP contribution in [0.25, 0.3) is 0 Å². The maximum Gasteiger partial charge on any atom is 0.231 e. The van der Waals surface area contributed by atoms with Crippen molar-refractivity contribution < 1.29 is 9.47 Å². The van der Waals surface area contributed by atoms with Crippen molar-refractivity contribution >= 4 is 17.5 Å². The molecule has 3 aromatic rings. The van der Waals surface area contributed by atoms with Crippen molar-refractivity contribution in [1.29, 1.82) is 0 Å². The molecular weight excluding hydrogens is 336 g/mol. The number of ether oxygens (including phenoxy) is 2. The lowest BCUT2D eigenvalue weighted by molar-refractivity contribution is 0.318. The molecule has 1 aromatic heterocycles. The highest BCUT2D eigenvalue weighted by molar-refractivity contribution is 6.30. The second-order valence-electron chi connectivity index (χ2n) is 5.59. The van der Waals surface area contributed by atoms with Crippen LogP contribution in [0.2, 0.25) is 5.02 Å². The van der Waals surface area contributed by atoms with Gasteiger partial charge in [0, 0.05) is 11.2 Å². The highest BCUT2D eigenvalue weighted by Gasteiger charge is 2.24. The van der Waals surface area contributed by atoms with Gasteiger partial charge in [-0.05, 0) is 35.9 Å². The van der Waals surface area contributed by atoms with Crippen LogP contribution >= 0.6 is 11.6 Å².